The van der Waals surface area contributed by atoms with Crippen LogP contribution in [0.25, 0.3) is 0 Å². The van der Waals surface area contributed by atoms with E-state index in [0.29, 0.717) is 25.4 Å². The summed E-state index contributed by atoms with van der Waals surface area (Å²) in [6, 6.07) is 7.75. The molecular weight excluding hydrogens is 325 g/mol. The number of rotatable bonds is 5. The van der Waals surface area contributed by atoms with Crippen LogP contribution in [-0.2, 0) is 11.3 Å². The Morgan fingerprint density at radius 1 is 1.32 bits per heavy atom. The molecule has 1 amide bonds. The van der Waals surface area contributed by atoms with Crippen LogP contribution in [0, 0.1) is 12.7 Å². The van der Waals surface area contributed by atoms with Crippen molar-refractivity contribution in [3.05, 3.63) is 47.6 Å². The minimum absolute atomic E-state index is 0.0822. The Balaban J connectivity index is 1.49. The summed E-state index contributed by atoms with van der Waals surface area (Å²) in [7, 11) is 0. The number of hydrogen-bond acceptors (Lipinski definition) is 5. The van der Waals surface area contributed by atoms with Gasteiger partial charge in [-0.25, -0.2) is 4.39 Å². The van der Waals surface area contributed by atoms with Crippen LogP contribution in [0.1, 0.15) is 18.4 Å². The van der Waals surface area contributed by atoms with Gasteiger partial charge in [-0.3, -0.25) is 9.69 Å². The molecule has 25 heavy (non-hydrogen) atoms. The molecule has 0 unspecified atom stereocenters. The highest BCUT2D eigenvalue weighted by molar-refractivity contribution is 5.81. The molecule has 0 N–H and O–H groups in total. The highest BCUT2D eigenvalue weighted by Crippen LogP contribution is 2.16. The van der Waals surface area contributed by atoms with E-state index >= 15 is 0 Å². The maximum absolute atomic E-state index is 13.2. The minimum atomic E-state index is -0.647. The van der Waals surface area contributed by atoms with E-state index in [4.69, 9.17) is 9.26 Å². The number of hydrogen-bond donors (Lipinski definition) is 0. The van der Waals surface area contributed by atoms with Crippen LogP contribution in [0.2, 0.25) is 0 Å². The molecule has 134 valence electrons. The fourth-order valence-corrected chi connectivity index (χ4v) is 2.90. The fourth-order valence-electron chi connectivity index (χ4n) is 2.90. The van der Waals surface area contributed by atoms with Gasteiger partial charge in [0.2, 0.25) is 0 Å². The van der Waals surface area contributed by atoms with Crippen molar-refractivity contribution >= 4 is 5.91 Å². The van der Waals surface area contributed by atoms with Crippen LogP contribution in [-0.4, -0.2) is 53.1 Å². The first-order valence-corrected chi connectivity index (χ1v) is 8.37. The van der Waals surface area contributed by atoms with Gasteiger partial charge >= 0.3 is 0 Å². The number of carbonyl (C=O) groups excluding carboxylic acids is 1. The number of aryl methyl sites for hydroxylation is 1. The molecular formula is C18H22FN3O3. The molecule has 1 atom stereocenters. The predicted molar refractivity (Wildman–Crippen MR) is 89.6 cm³/mol. The summed E-state index contributed by atoms with van der Waals surface area (Å²) in [5.41, 5.74) is 0.903. The molecule has 1 aromatic heterocycles. The van der Waals surface area contributed by atoms with E-state index in [1.807, 2.05) is 13.0 Å². The lowest BCUT2D eigenvalue weighted by Gasteiger charge is -2.35. The summed E-state index contributed by atoms with van der Waals surface area (Å²) in [6.07, 6.45) is -0.647. The fraction of sp³-hybridized carbons (Fsp3) is 0.444. The van der Waals surface area contributed by atoms with Gasteiger partial charge in [-0.05, 0) is 26.0 Å². The van der Waals surface area contributed by atoms with Crippen molar-refractivity contribution < 1.29 is 18.4 Å². The molecule has 0 bridgehead atoms. The van der Waals surface area contributed by atoms with E-state index in [1.54, 1.807) is 24.0 Å². The third-order valence-corrected chi connectivity index (χ3v) is 4.20. The molecule has 0 aliphatic carbocycles. The normalized spacial score (nSPS) is 16.7. The Labute approximate surface area is 146 Å². The Morgan fingerprint density at radius 2 is 2.08 bits per heavy atom. The molecule has 0 radical (unpaired) electrons. The lowest BCUT2D eigenvalue weighted by Crippen LogP contribution is -2.51. The Morgan fingerprint density at radius 3 is 2.72 bits per heavy atom. The van der Waals surface area contributed by atoms with Gasteiger partial charge in [-0.15, -0.1) is 0 Å². The quantitative estimate of drug-likeness (QED) is 0.830. The molecule has 1 aromatic carbocycles. The molecule has 6 nitrogen and oxygen atoms in total. The molecule has 0 saturated carbocycles. The first kappa shape index (κ1) is 17.4. The zero-order valence-electron chi connectivity index (χ0n) is 14.4. The van der Waals surface area contributed by atoms with Gasteiger partial charge in [-0.2, -0.15) is 0 Å². The van der Waals surface area contributed by atoms with Crippen LogP contribution in [0.5, 0.6) is 5.75 Å². The van der Waals surface area contributed by atoms with Crippen molar-refractivity contribution in [2.45, 2.75) is 26.5 Å². The lowest BCUT2D eigenvalue weighted by atomic mass is 10.2. The third kappa shape index (κ3) is 4.57. The van der Waals surface area contributed by atoms with Crippen LogP contribution in [0.4, 0.5) is 4.39 Å². The van der Waals surface area contributed by atoms with Crippen LogP contribution < -0.4 is 4.74 Å². The standard InChI is InChI=1S/C18H22FN3O3/c1-13-10-16(20-25-13)12-21-6-8-22(9-7-21)18(23)14(2)24-17-5-3-4-15(19)11-17/h3-5,10-11,14H,6-9,12H2,1-2H3/t14-/m1/s1. The van der Waals surface area contributed by atoms with E-state index in [-0.39, 0.29) is 11.7 Å². The second-order valence-electron chi connectivity index (χ2n) is 6.25. The highest BCUT2D eigenvalue weighted by Gasteiger charge is 2.26. The summed E-state index contributed by atoms with van der Waals surface area (Å²) in [5, 5.41) is 4.00. The van der Waals surface area contributed by atoms with Crippen molar-refractivity contribution in [2.75, 3.05) is 26.2 Å². The average molecular weight is 347 g/mol. The molecule has 1 aliphatic heterocycles. The summed E-state index contributed by atoms with van der Waals surface area (Å²) in [5.74, 6) is 0.697. The number of halogens is 1. The summed E-state index contributed by atoms with van der Waals surface area (Å²) in [6.45, 7) is 7.08. The molecule has 0 spiro atoms. The topological polar surface area (TPSA) is 58.8 Å². The van der Waals surface area contributed by atoms with Gasteiger partial charge in [0, 0.05) is 44.9 Å². The van der Waals surface area contributed by atoms with Crippen molar-refractivity contribution in [3.63, 3.8) is 0 Å². The Bertz CT molecular complexity index is 726. The zero-order valence-corrected chi connectivity index (χ0v) is 14.4. The molecule has 1 fully saturated rings. The van der Waals surface area contributed by atoms with Gasteiger partial charge in [-0.1, -0.05) is 11.2 Å². The molecule has 1 aliphatic rings. The number of carbonyl (C=O) groups is 1. The zero-order chi connectivity index (χ0) is 17.8. The van der Waals surface area contributed by atoms with Crippen LogP contribution >= 0.6 is 0 Å². The van der Waals surface area contributed by atoms with Crippen molar-refractivity contribution in [1.82, 2.24) is 15.0 Å². The number of nitrogens with zero attached hydrogens (tertiary/aromatic N) is 3. The Kier molecular flexibility index (Phi) is 5.33. The Hall–Kier alpha value is -2.41. The number of piperazine rings is 1. The highest BCUT2D eigenvalue weighted by atomic mass is 19.1. The molecule has 3 rings (SSSR count). The minimum Gasteiger partial charge on any atom is -0.481 e. The van der Waals surface area contributed by atoms with Crippen LogP contribution in [0.3, 0.4) is 0 Å². The SMILES string of the molecule is Cc1cc(CN2CCN(C(=O)[C@@H](C)Oc3cccc(F)c3)CC2)no1. The first-order chi connectivity index (χ1) is 12.0. The van der Waals surface area contributed by atoms with Crippen molar-refractivity contribution in [1.29, 1.82) is 0 Å². The summed E-state index contributed by atoms with van der Waals surface area (Å²) in [4.78, 5) is 16.5. The van der Waals surface area contributed by atoms with E-state index in [9.17, 15) is 9.18 Å². The van der Waals surface area contributed by atoms with E-state index in [2.05, 4.69) is 10.1 Å². The van der Waals surface area contributed by atoms with Gasteiger partial charge < -0.3 is 14.2 Å². The maximum Gasteiger partial charge on any atom is 0.263 e. The van der Waals surface area contributed by atoms with E-state index in [0.717, 1.165) is 24.5 Å². The monoisotopic (exact) mass is 347 g/mol. The molecule has 1 saturated heterocycles. The number of amides is 1. The van der Waals surface area contributed by atoms with Crippen molar-refractivity contribution in [2.24, 2.45) is 0 Å². The van der Waals surface area contributed by atoms with Crippen molar-refractivity contribution in [3.8, 4) is 5.75 Å². The first-order valence-electron chi connectivity index (χ1n) is 8.37. The number of aromatic nitrogens is 1. The summed E-state index contributed by atoms with van der Waals surface area (Å²) >= 11 is 0. The summed E-state index contributed by atoms with van der Waals surface area (Å²) < 4.78 is 23.8. The molecule has 7 heteroatoms. The van der Waals surface area contributed by atoms with Crippen LogP contribution in [0.15, 0.2) is 34.9 Å². The van der Waals surface area contributed by atoms with Gasteiger partial charge in [0.15, 0.2) is 6.10 Å². The van der Waals surface area contributed by atoms with E-state index in [1.165, 1.54) is 12.1 Å². The second-order valence-corrected chi connectivity index (χ2v) is 6.25. The largest absolute Gasteiger partial charge is 0.481 e. The van der Waals surface area contributed by atoms with Gasteiger partial charge in [0.25, 0.3) is 5.91 Å². The van der Waals surface area contributed by atoms with Gasteiger partial charge in [0.1, 0.15) is 17.3 Å². The van der Waals surface area contributed by atoms with Gasteiger partial charge in [0.05, 0.1) is 5.69 Å². The smallest absolute Gasteiger partial charge is 0.263 e. The second kappa shape index (κ2) is 7.65. The maximum atomic E-state index is 13.2. The van der Waals surface area contributed by atoms with E-state index < -0.39 is 6.10 Å². The predicted octanol–water partition coefficient (Wildman–Crippen LogP) is 2.23. The molecule has 2 aromatic rings. The third-order valence-electron chi connectivity index (χ3n) is 4.20. The molecule has 2 heterocycles. The number of benzene rings is 1. The lowest BCUT2D eigenvalue weighted by molar-refractivity contribution is -0.139. The average Bonchev–Trinajstić information content (AvgIpc) is 3.00. The number of ether oxygens (including phenoxy) is 1.